The maximum absolute atomic E-state index is 12.1. The number of carbonyl (C=O) groups excluding carboxylic acids is 1. The standard InChI is InChI=1S/C14H14N2OS/c1-9-5-7-18-13(9)14(17)16-11-2-3-12-10(8-11)4-6-15-12/h2-3,5,7-8,15H,4,6H2,1H3,(H,16,17). The van der Waals surface area contributed by atoms with E-state index in [9.17, 15) is 4.79 Å². The van der Waals surface area contributed by atoms with Crippen LogP contribution in [0.25, 0.3) is 0 Å². The molecule has 0 saturated heterocycles. The van der Waals surface area contributed by atoms with Crippen molar-refractivity contribution in [3.8, 4) is 0 Å². The van der Waals surface area contributed by atoms with Crippen molar-refractivity contribution in [3.63, 3.8) is 0 Å². The number of fused-ring (bicyclic) bond motifs is 1. The van der Waals surface area contributed by atoms with Crippen molar-refractivity contribution < 1.29 is 4.79 Å². The minimum atomic E-state index is -0.0200. The van der Waals surface area contributed by atoms with Crippen LogP contribution in [0.3, 0.4) is 0 Å². The van der Waals surface area contributed by atoms with Gasteiger partial charge in [-0.1, -0.05) is 0 Å². The summed E-state index contributed by atoms with van der Waals surface area (Å²) in [6.45, 7) is 2.94. The highest BCUT2D eigenvalue weighted by Crippen LogP contribution is 2.26. The summed E-state index contributed by atoms with van der Waals surface area (Å²) in [4.78, 5) is 12.9. The van der Waals surface area contributed by atoms with Gasteiger partial charge < -0.3 is 10.6 Å². The Balaban J connectivity index is 1.81. The van der Waals surface area contributed by atoms with Crippen LogP contribution < -0.4 is 10.6 Å². The second-order valence-corrected chi connectivity index (χ2v) is 5.35. The van der Waals surface area contributed by atoms with E-state index in [1.54, 1.807) is 0 Å². The zero-order valence-electron chi connectivity index (χ0n) is 10.1. The van der Waals surface area contributed by atoms with E-state index in [1.807, 2.05) is 30.5 Å². The number of benzene rings is 1. The molecule has 0 atom stereocenters. The van der Waals surface area contributed by atoms with Crippen molar-refractivity contribution in [3.05, 3.63) is 45.6 Å². The van der Waals surface area contributed by atoms with E-state index in [0.717, 1.165) is 29.1 Å². The van der Waals surface area contributed by atoms with Crippen LogP contribution in [-0.4, -0.2) is 12.5 Å². The van der Waals surface area contributed by atoms with Gasteiger partial charge in [0.15, 0.2) is 0 Å². The maximum atomic E-state index is 12.1. The topological polar surface area (TPSA) is 41.1 Å². The van der Waals surface area contributed by atoms with Crippen LogP contribution in [0, 0.1) is 6.92 Å². The molecule has 0 spiro atoms. The van der Waals surface area contributed by atoms with E-state index in [2.05, 4.69) is 16.7 Å². The van der Waals surface area contributed by atoms with E-state index < -0.39 is 0 Å². The summed E-state index contributed by atoms with van der Waals surface area (Å²) < 4.78 is 0. The van der Waals surface area contributed by atoms with Crippen LogP contribution in [0.2, 0.25) is 0 Å². The number of carbonyl (C=O) groups is 1. The number of anilines is 2. The molecule has 0 unspecified atom stereocenters. The molecular formula is C14H14N2OS. The summed E-state index contributed by atoms with van der Waals surface area (Å²) in [7, 11) is 0. The van der Waals surface area contributed by atoms with Gasteiger partial charge in [0.25, 0.3) is 5.91 Å². The Kier molecular flexibility index (Phi) is 2.80. The van der Waals surface area contributed by atoms with E-state index in [-0.39, 0.29) is 5.91 Å². The highest BCUT2D eigenvalue weighted by Gasteiger charge is 2.13. The van der Waals surface area contributed by atoms with Crippen LogP contribution in [0.4, 0.5) is 11.4 Å². The van der Waals surface area contributed by atoms with Gasteiger partial charge in [0.1, 0.15) is 0 Å². The highest BCUT2D eigenvalue weighted by molar-refractivity contribution is 7.12. The Bertz CT molecular complexity index is 604. The molecule has 0 fully saturated rings. The van der Waals surface area contributed by atoms with Gasteiger partial charge in [0, 0.05) is 17.9 Å². The summed E-state index contributed by atoms with van der Waals surface area (Å²) in [5.74, 6) is -0.0200. The van der Waals surface area contributed by atoms with E-state index >= 15 is 0 Å². The van der Waals surface area contributed by atoms with E-state index in [1.165, 1.54) is 22.6 Å². The average Bonchev–Trinajstić information content (AvgIpc) is 2.96. The summed E-state index contributed by atoms with van der Waals surface area (Å²) in [5, 5.41) is 8.21. The molecule has 1 aliphatic rings. The molecule has 0 aliphatic carbocycles. The lowest BCUT2D eigenvalue weighted by Gasteiger charge is -2.06. The van der Waals surface area contributed by atoms with Gasteiger partial charge >= 0.3 is 0 Å². The van der Waals surface area contributed by atoms with Gasteiger partial charge in [-0.05, 0) is 54.1 Å². The quantitative estimate of drug-likeness (QED) is 0.868. The van der Waals surface area contributed by atoms with Crippen molar-refractivity contribution in [1.29, 1.82) is 0 Å². The Morgan fingerprint density at radius 3 is 3.06 bits per heavy atom. The van der Waals surface area contributed by atoms with Gasteiger partial charge in [-0.15, -0.1) is 11.3 Å². The molecule has 0 saturated carbocycles. The summed E-state index contributed by atoms with van der Waals surface area (Å²) >= 11 is 1.48. The summed E-state index contributed by atoms with van der Waals surface area (Å²) in [5.41, 5.74) is 4.35. The molecule has 2 aromatic rings. The molecule has 2 N–H and O–H groups in total. The average molecular weight is 258 g/mol. The molecule has 18 heavy (non-hydrogen) atoms. The first kappa shape index (κ1) is 11.3. The van der Waals surface area contributed by atoms with Gasteiger partial charge in [0.05, 0.1) is 4.88 Å². The van der Waals surface area contributed by atoms with Crippen LogP contribution in [0.5, 0.6) is 0 Å². The number of hydrogen-bond acceptors (Lipinski definition) is 3. The fourth-order valence-electron chi connectivity index (χ4n) is 2.18. The largest absolute Gasteiger partial charge is 0.384 e. The first-order valence-electron chi connectivity index (χ1n) is 5.96. The van der Waals surface area contributed by atoms with Gasteiger partial charge in [0.2, 0.25) is 0 Å². The summed E-state index contributed by atoms with van der Waals surface area (Å²) in [6.07, 6.45) is 1.02. The summed E-state index contributed by atoms with van der Waals surface area (Å²) in [6, 6.07) is 7.99. The third kappa shape index (κ3) is 1.99. The van der Waals surface area contributed by atoms with Gasteiger partial charge in [-0.25, -0.2) is 0 Å². The monoisotopic (exact) mass is 258 g/mol. The molecule has 4 heteroatoms. The number of aryl methyl sites for hydroxylation is 1. The number of rotatable bonds is 2. The minimum absolute atomic E-state index is 0.0200. The van der Waals surface area contributed by atoms with Crippen molar-refractivity contribution in [2.24, 2.45) is 0 Å². The normalized spacial score (nSPS) is 12.9. The molecule has 1 aliphatic heterocycles. The van der Waals surface area contributed by atoms with Crippen LogP contribution >= 0.6 is 11.3 Å². The van der Waals surface area contributed by atoms with Crippen LogP contribution in [0.1, 0.15) is 20.8 Å². The van der Waals surface area contributed by atoms with Crippen molar-refractivity contribution in [1.82, 2.24) is 0 Å². The SMILES string of the molecule is Cc1ccsc1C(=O)Nc1ccc2c(c1)CCN2. The van der Waals surface area contributed by atoms with Crippen molar-refractivity contribution in [2.75, 3.05) is 17.2 Å². The molecular weight excluding hydrogens is 244 g/mol. The van der Waals surface area contributed by atoms with Gasteiger partial charge in [-0.3, -0.25) is 4.79 Å². The Labute approximate surface area is 110 Å². The third-order valence-corrected chi connectivity index (χ3v) is 4.16. The van der Waals surface area contributed by atoms with E-state index in [4.69, 9.17) is 0 Å². The Morgan fingerprint density at radius 2 is 2.28 bits per heavy atom. The van der Waals surface area contributed by atoms with Crippen LogP contribution in [0.15, 0.2) is 29.6 Å². The zero-order valence-corrected chi connectivity index (χ0v) is 10.9. The number of nitrogens with one attached hydrogen (secondary N) is 2. The van der Waals surface area contributed by atoms with Crippen molar-refractivity contribution in [2.45, 2.75) is 13.3 Å². The smallest absolute Gasteiger partial charge is 0.265 e. The third-order valence-electron chi connectivity index (χ3n) is 3.14. The highest BCUT2D eigenvalue weighted by atomic mass is 32.1. The second-order valence-electron chi connectivity index (χ2n) is 4.44. The predicted molar refractivity (Wildman–Crippen MR) is 75.6 cm³/mol. The Hall–Kier alpha value is -1.81. The van der Waals surface area contributed by atoms with Crippen molar-refractivity contribution >= 4 is 28.6 Å². The first-order valence-corrected chi connectivity index (χ1v) is 6.84. The zero-order chi connectivity index (χ0) is 12.5. The first-order chi connectivity index (χ1) is 8.74. The van der Waals surface area contributed by atoms with Gasteiger partial charge in [-0.2, -0.15) is 0 Å². The fourth-order valence-corrected chi connectivity index (χ4v) is 3.00. The number of thiophene rings is 1. The molecule has 3 nitrogen and oxygen atoms in total. The number of hydrogen-bond donors (Lipinski definition) is 2. The van der Waals surface area contributed by atoms with E-state index in [0.29, 0.717) is 0 Å². The minimum Gasteiger partial charge on any atom is -0.384 e. The predicted octanol–water partition coefficient (Wildman–Crippen LogP) is 3.28. The lowest BCUT2D eigenvalue weighted by molar-refractivity contribution is 0.103. The molecule has 1 amide bonds. The fraction of sp³-hybridized carbons (Fsp3) is 0.214. The Morgan fingerprint density at radius 1 is 1.39 bits per heavy atom. The number of amides is 1. The molecule has 2 heterocycles. The van der Waals surface area contributed by atoms with Crippen LogP contribution in [-0.2, 0) is 6.42 Å². The molecule has 0 bridgehead atoms. The second kappa shape index (κ2) is 4.46. The lowest BCUT2D eigenvalue weighted by atomic mass is 10.1. The molecule has 0 radical (unpaired) electrons. The lowest BCUT2D eigenvalue weighted by Crippen LogP contribution is -2.11. The molecule has 1 aromatic carbocycles. The maximum Gasteiger partial charge on any atom is 0.265 e. The molecule has 92 valence electrons. The molecule has 3 rings (SSSR count). The molecule has 1 aromatic heterocycles.